The summed E-state index contributed by atoms with van der Waals surface area (Å²) < 4.78 is 25.4. The van der Waals surface area contributed by atoms with Gasteiger partial charge in [-0.2, -0.15) is 0 Å². The van der Waals surface area contributed by atoms with Crippen molar-refractivity contribution in [1.82, 2.24) is 4.31 Å². The molecule has 0 aliphatic carbocycles. The number of sulfonamides is 1. The molecule has 110 valence electrons. The fraction of sp³-hybridized carbons (Fsp3) is 0.133. The van der Waals surface area contributed by atoms with Crippen LogP contribution in [0.25, 0.3) is 11.1 Å². The molecular weight excluding hydrogens is 290 g/mol. The first kappa shape index (κ1) is 15.2. The number of benzene rings is 2. The Kier molecular flexibility index (Phi) is 4.11. The Balaban J connectivity index is 2.44. The van der Waals surface area contributed by atoms with Gasteiger partial charge in [-0.1, -0.05) is 24.3 Å². The SMILES string of the molecule is CN(C)S(=O)(=O)c1cccc(-c2ccc(C(=O)O)cc2)c1. The van der Waals surface area contributed by atoms with E-state index >= 15 is 0 Å². The Morgan fingerprint density at radius 2 is 1.62 bits per heavy atom. The third kappa shape index (κ3) is 3.12. The molecule has 2 aromatic rings. The van der Waals surface area contributed by atoms with E-state index < -0.39 is 16.0 Å². The third-order valence-corrected chi connectivity index (χ3v) is 4.89. The van der Waals surface area contributed by atoms with Crippen molar-refractivity contribution in [2.45, 2.75) is 4.90 Å². The van der Waals surface area contributed by atoms with E-state index in [1.54, 1.807) is 30.3 Å². The highest BCUT2D eigenvalue weighted by atomic mass is 32.2. The third-order valence-electron chi connectivity index (χ3n) is 3.08. The number of carboxylic acids is 1. The molecule has 0 spiro atoms. The van der Waals surface area contributed by atoms with E-state index in [-0.39, 0.29) is 10.5 Å². The van der Waals surface area contributed by atoms with Crippen molar-refractivity contribution in [3.8, 4) is 11.1 Å². The zero-order chi connectivity index (χ0) is 15.6. The zero-order valence-electron chi connectivity index (χ0n) is 11.6. The van der Waals surface area contributed by atoms with Gasteiger partial charge in [0.25, 0.3) is 0 Å². The average molecular weight is 305 g/mol. The summed E-state index contributed by atoms with van der Waals surface area (Å²) in [5.41, 5.74) is 1.67. The minimum atomic E-state index is -3.49. The molecule has 0 saturated heterocycles. The number of aromatic carboxylic acids is 1. The summed E-state index contributed by atoms with van der Waals surface area (Å²) in [4.78, 5) is 11.0. The van der Waals surface area contributed by atoms with E-state index in [1.165, 1.54) is 32.3 Å². The largest absolute Gasteiger partial charge is 0.478 e. The molecule has 5 nitrogen and oxygen atoms in total. The summed E-state index contributed by atoms with van der Waals surface area (Å²) in [5, 5.41) is 8.87. The molecule has 0 aromatic heterocycles. The minimum Gasteiger partial charge on any atom is -0.478 e. The maximum Gasteiger partial charge on any atom is 0.335 e. The molecular formula is C15H15NO4S. The summed E-state index contributed by atoms with van der Waals surface area (Å²) in [7, 11) is -0.538. The summed E-state index contributed by atoms with van der Waals surface area (Å²) in [5.74, 6) is -0.995. The van der Waals surface area contributed by atoms with Crippen molar-refractivity contribution in [3.63, 3.8) is 0 Å². The van der Waals surface area contributed by atoms with Gasteiger partial charge in [-0.15, -0.1) is 0 Å². The fourth-order valence-electron chi connectivity index (χ4n) is 1.85. The molecule has 0 unspecified atom stereocenters. The van der Waals surface area contributed by atoms with Gasteiger partial charge >= 0.3 is 5.97 Å². The highest BCUT2D eigenvalue weighted by Crippen LogP contribution is 2.24. The van der Waals surface area contributed by atoms with E-state index in [0.717, 1.165) is 15.4 Å². The van der Waals surface area contributed by atoms with Crippen LogP contribution in [0.1, 0.15) is 10.4 Å². The molecule has 0 radical (unpaired) electrons. The molecule has 21 heavy (non-hydrogen) atoms. The number of carbonyl (C=O) groups is 1. The van der Waals surface area contributed by atoms with Gasteiger partial charge in [0.1, 0.15) is 0 Å². The van der Waals surface area contributed by atoms with Gasteiger partial charge in [0.2, 0.25) is 10.0 Å². The second-order valence-corrected chi connectivity index (χ2v) is 6.85. The lowest BCUT2D eigenvalue weighted by atomic mass is 10.0. The fourth-order valence-corrected chi connectivity index (χ4v) is 2.80. The topological polar surface area (TPSA) is 74.7 Å². The maximum atomic E-state index is 12.1. The Labute approximate surface area is 123 Å². The standard InChI is InChI=1S/C15H15NO4S/c1-16(2)21(19,20)14-5-3-4-13(10-14)11-6-8-12(9-7-11)15(17)18/h3-10H,1-2H3,(H,17,18). The second-order valence-electron chi connectivity index (χ2n) is 4.70. The molecule has 0 aliphatic heterocycles. The van der Waals surface area contributed by atoms with Crippen molar-refractivity contribution in [1.29, 1.82) is 0 Å². The molecule has 0 heterocycles. The van der Waals surface area contributed by atoms with Crippen molar-refractivity contribution >= 4 is 16.0 Å². The molecule has 0 amide bonds. The Bertz CT molecular complexity index is 765. The molecule has 2 rings (SSSR count). The monoisotopic (exact) mass is 305 g/mol. The summed E-state index contributed by atoms with van der Waals surface area (Å²) >= 11 is 0. The first-order valence-electron chi connectivity index (χ1n) is 6.18. The summed E-state index contributed by atoms with van der Waals surface area (Å²) in [6.07, 6.45) is 0. The summed E-state index contributed by atoms with van der Waals surface area (Å²) in [6, 6.07) is 12.8. The number of rotatable bonds is 4. The van der Waals surface area contributed by atoms with Crippen LogP contribution in [0, 0.1) is 0 Å². The second kappa shape index (κ2) is 5.67. The lowest BCUT2D eigenvalue weighted by Gasteiger charge is -2.12. The van der Waals surface area contributed by atoms with Gasteiger partial charge in [-0.25, -0.2) is 17.5 Å². The van der Waals surface area contributed by atoms with Crippen LogP contribution >= 0.6 is 0 Å². The molecule has 0 saturated carbocycles. The Morgan fingerprint density at radius 3 is 2.14 bits per heavy atom. The van der Waals surface area contributed by atoms with Crippen LogP contribution in [0.3, 0.4) is 0 Å². The highest BCUT2D eigenvalue weighted by Gasteiger charge is 2.17. The quantitative estimate of drug-likeness (QED) is 0.940. The average Bonchev–Trinajstić information content (AvgIpc) is 2.47. The van der Waals surface area contributed by atoms with E-state index in [2.05, 4.69) is 0 Å². The van der Waals surface area contributed by atoms with Crippen molar-refractivity contribution in [2.24, 2.45) is 0 Å². The summed E-state index contributed by atoms with van der Waals surface area (Å²) in [6.45, 7) is 0. The van der Waals surface area contributed by atoms with Crippen molar-refractivity contribution in [2.75, 3.05) is 14.1 Å². The van der Waals surface area contributed by atoms with E-state index in [9.17, 15) is 13.2 Å². The highest BCUT2D eigenvalue weighted by molar-refractivity contribution is 7.89. The molecule has 0 atom stereocenters. The Hall–Kier alpha value is -2.18. The first-order chi connectivity index (χ1) is 9.82. The van der Waals surface area contributed by atoms with E-state index in [0.29, 0.717) is 0 Å². The number of carboxylic acid groups (broad SMARTS) is 1. The van der Waals surface area contributed by atoms with Crippen LogP contribution in [-0.2, 0) is 10.0 Å². The molecule has 0 bridgehead atoms. The van der Waals surface area contributed by atoms with Crippen LogP contribution in [0.15, 0.2) is 53.4 Å². The van der Waals surface area contributed by atoms with Crippen molar-refractivity contribution < 1.29 is 18.3 Å². The van der Waals surface area contributed by atoms with Crippen LogP contribution in [0.5, 0.6) is 0 Å². The molecule has 0 aliphatic rings. The van der Waals surface area contributed by atoms with Gasteiger partial charge in [0, 0.05) is 14.1 Å². The molecule has 0 fully saturated rings. The van der Waals surface area contributed by atoms with Crippen LogP contribution in [-0.4, -0.2) is 37.9 Å². The number of nitrogens with zero attached hydrogens (tertiary/aromatic N) is 1. The Morgan fingerprint density at radius 1 is 1.00 bits per heavy atom. The molecule has 1 N–H and O–H groups in total. The van der Waals surface area contributed by atoms with Crippen LogP contribution in [0.4, 0.5) is 0 Å². The van der Waals surface area contributed by atoms with Gasteiger partial charge in [0.05, 0.1) is 10.5 Å². The van der Waals surface area contributed by atoms with Gasteiger partial charge in [0.15, 0.2) is 0 Å². The smallest absolute Gasteiger partial charge is 0.335 e. The van der Waals surface area contributed by atoms with Crippen LogP contribution < -0.4 is 0 Å². The van der Waals surface area contributed by atoms with Gasteiger partial charge in [-0.05, 0) is 35.4 Å². The lowest BCUT2D eigenvalue weighted by molar-refractivity contribution is 0.0697. The lowest BCUT2D eigenvalue weighted by Crippen LogP contribution is -2.22. The maximum absolute atomic E-state index is 12.1. The van der Waals surface area contributed by atoms with E-state index in [1.807, 2.05) is 0 Å². The predicted molar refractivity (Wildman–Crippen MR) is 79.7 cm³/mol. The predicted octanol–water partition coefficient (Wildman–Crippen LogP) is 2.30. The minimum absolute atomic E-state index is 0.191. The zero-order valence-corrected chi connectivity index (χ0v) is 12.5. The van der Waals surface area contributed by atoms with Gasteiger partial charge in [-0.3, -0.25) is 0 Å². The van der Waals surface area contributed by atoms with Crippen LogP contribution in [0.2, 0.25) is 0 Å². The molecule has 6 heteroatoms. The first-order valence-corrected chi connectivity index (χ1v) is 7.62. The number of hydrogen-bond acceptors (Lipinski definition) is 3. The molecule has 2 aromatic carbocycles. The van der Waals surface area contributed by atoms with E-state index in [4.69, 9.17) is 5.11 Å². The van der Waals surface area contributed by atoms with Gasteiger partial charge < -0.3 is 5.11 Å². The normalized spacial score (nSPS) is 11.6. The number of hydrogen-bond donors (Lipinski definition) is 1. The van der Waals surface area contributed by atoms with Crippen molar-refractivity contribution in [3.05, 3.63) is 54.1 Å².